The molecule has 1 aliphatic carbocycles. The number of pyridine rings is 2. The number of hydrogen-bond donors (Lipinski definition) is 0. The van der Waals surface area contributed by atoms with Crippen LogP contribution in [0.25, 0.3) is 16.7 Å². The first-order valence-corrected chi connectivity index (χ1v) is 11.2. The largest absolute Gasteiger partial charge is 0.462 e. The first-order chi connectivity index (χ1) is 15.4. The van der Waals surface area contributed by atoms with Crippen LogP contribution in [0, 0.1) is 5.92 Å². The normalized spacial score (nSPS) is 15.6. The lowest BCUT2D eigenvalue weighted by molar-refractivity contribution is -0.122. The number of esters is 1. The van der Waals surface area contributed by atoms with Crippen LogP contribution in [0.4, 0.5) is 0 Å². The molecule has 1 amide bonds. The summed E-state index contributed by atoms with van der Waals surface area (Å²) in [5.74, 6) is -0.997. The van der Waals surface area contributed by atoms with E-state index in [-0.39, 0.29) is 46.5 Å². The average molecular weight is 437 g/mol. The minimum Gasteiger partial charge on any atom is -0.462 e. The van der Waals surface area contributed by atoms with E-state index >= 15 is 0 Å². The summed E-state index contributed by atoms with van der Waals surface area (Å²) in [6.07, 6.45) is 6.37. The van der Waals surface area contributed by atoms with Gasteiger partial charge in [-0.25, -0.2) is 9.78 Å². The molecule has 8 heteroatoms. The van der Waals surface area contributed by atoms with E-state index in [0.717, 1.165) is 32.1 Å². The topological polar surface area (TPSA) is 95.0 Å². The molecule has 1 aliphatic rings. The maximum atomic E-state index is 13.2. The molecule has 8 nitrogen and oxygen atoms in total. The molecule has 0 saturated heterocycles. The fourth-order valence-electron chi connectivity index (χ4n) is 4.35. The summed E-state index contributed by atoms with van der Waals surface area (Å²) in [6, 6.07) is 6.56. The van der Waals surface area contributed by atoms with Crippen LogP contribution in [0.3, 0.4) is 0 Å². The molecular weight excluding hydrogens is 408 g/mol. The molecule has 168 valence electrons. The van der Waals surface area contributed by atoms with E-state index in [1.54, 1.807) is 35.9 Å². The summed E-state index contributed by atoms with van der Waals surface area (Å²) in [7, 11) is 0. The zero-order valence-corrected chi connectivity index (χ0v) is 18.7. The van der Waals surface area contributed by atoms with Crippen molar-refractivity contribution in [3.8, 4) is 0 Å². The Morgan fingerprint density at radius 2 is 1.97 bits per heavy atom. The lowest BCUT2D eigenvalue weighted by Gasteiger charge is -2.20. The van der Waals surface area contributed by atoms with Crippen LogP contribution in [-0.2, 0) is 9.53 Å². The van der Waals surface area contributed by atoms with E-state index in [1.807, 2.05) is 13.8 Å². The average Bonchev–Trinajstić information content (AvgIpc) is 2.79. The summed E-state index contributed by atoms with van der Waals surface area (Å²) < 4.78 is 8.40. The van der Waals surface area contributed by atoms with Gasteiger partial charge < -0.3 is 9.30 Å². The molecule has 0 aromatic carbocycles. The number of aromatic nitrogens is 3. The molecule has 0 aliphatic heterocycles. The highest BCUT2D eigenvalue weighted by molar-refractivity contribution is 5.94. The Morgan fingerprint density at radius 3 is 2.66 bits per heavy atom. The van der Waals surface area contributed by atoms with Gasteiger partial charge in [0, 0.05) is 18.2 Å². The van der Waals surface area contributed by atoms with Crippen molar-refractivity contribution in [2.75, 3.05) is 6.61 Å². The Hall–Kier alpha value is -3.29. The Labute approximate surface area is 185 Å². The molecule has 0 N–H and O–H groups in total. The van der Waals surface area contributed by atoms with Crippen LogP contribution in [-0.4, -0.2) is 32.4 Å². The van der Waals surface area contributed by atoms with Crippen molar-refractivity contribution >= 4 is 28.6 Å². The molecule has 0 bridgehead atoms. The fourth-order valence-corrected chi connectivity index (χ4v) is 4.35. The highest BCUT2D eigenvalue weighted by atomic mass is 16.5. The van der Waals surface area contributed by atoms with Crippen molar-refractivity contribution in [1.29, 1.82) is 0 Å². The highest BCUT2D eigenvalue weighted by Gasteiger charge is 2.24. The molecule has 0 unspecified atom stereocenters. The third kappa shape index (κ3) is 3.97. The van der Waals surface area contributed by atoms with Crippen LogP contribution in [0.1, 0.15) is 69.3 Å². The third-order valence-electron chi connectivity index (χ3n) is 5.92. The maximum absolute atomic E-state index is 13.2. The van der Waals surface area contributed by atoms with E-state index in [4.69, 9.17) is 4.74 Å². The van der Waals surface area contributed by atoms with Crippen molar-refractivity contribution in [2.24, 2.45) is 10.9 Å². The molecule has 3 aromatic heterocycles. The number of nitrogens with zero attached hydrogens (tertiary/aromatic N) is 4. The third-order valence-corrected chi connectivity index (χ3v) is 5.92. The minimum absolute atomic E-state index is 0.104. The van der Waals surface area contributed by atoms with Crippen LogP contribution in [0.5, 0.6) is 0 Å². The van der Waals surface area contributed by atoms with Crippen molar-refractivity contribution in [1.82, 2.24) is 14.0 Å². The van der Waals surface area contributed by atoms with Crippen molar-refractivity contribution in [3.05, 3.63) is 51.9 Å². The predicted molar refractivity (Wildman–Crippen MR) is 120 cm³/mol. The van der Waals surface area contributed by atoms with Gasteiger partial charge in [0.2, 0.25) is 0 Å². The summed E-state index contributed by atoms with van der Waals surface area (Å²) in [5.41, 5.74) is 0.878. The van der Waals surface area contributed by atoms with Crippen molar-refractivity contribution < 1.29 is 14.3 Å². The minimum atomic E-state index is -0.614. The van der Waals surface area contributed by atoms with E-state index < -0.39 is 5.97 Å². The van der Waals surface area contributed by atoms with Crippen LogP contribution < -0.4 is 11.0 Å². The standard InChI is InChI=1S/C24H28N4O4/c1-4-32-24(31)18-14-17-20(25-19-12-8-9-13-27(19)23(17)30)28(15(2)3)21(18)26-22(29)16-10-6-5-7-11-16/h8-9,12-16H,4-7,10-11H2,1-3H3. The zero-order chi connectivity index (χ0) is 22.8. The monoisotopic (exact) mass is 436 g/mol. The lowest BCUT2D eigenvalue weighted by Crippen LogP contribution is -2.34. The van der Waals surface area contributed by atoms with E-state index in [1.165, 1.54) is 10.5 Å². The SMILES string of the molecule is CCOC(=O)c1cc2c(=O)n3ccccc3nc2n(C(C)C)c1=NC(=O)C1CCCCC1. The Bertz CT molecular complexity index is 1310. The Balaban J connectivity index is 2.08. The first-order valence-electron chi connectivity index (χ1n) is 11.2. The smallest absolute Gasteiger partial charge is 0.341 e. The maximum Gasteiger partial charge on any atom is 0.341 e. The summed E-state index contributed by atoms with van der Waals surface area (Å²) in [6.45, 7) is 5.70. The zero-order valence-electron chi connectivity index (χ0n) is 18.7. The lowest BCUT2D eigenvalue weighted by atomic mass is 9.89. The summed E-state index contributed by atoms with van der Waals surface area (Å²) in [5, 5.41) is 0.273. The van der Waals surface area contributed by atoms with Gasteiger partial charge in [-0.05, 0) is 51.8 Å². The molecule has 0 spiro atoms. The Kier molecular flexibility index (Phi) is 6.21. The van der Waals surface area contributed by atoms with E-state index in [9.17, 15) is 14.4 Å². The van der Waals surface area contributed by atoms with Gasteiger partial charge in [0.15, 0.2) is 5.49 Å². The number of fused-ring (bicyclic) bond motifs is 2. The number of ether oxygens (including phenoxy) is 1. The van der Waals surface area contributed by atoms with Gasteiger partial charge in [0.1, 0.15) is 16.9 Å². The molecule has 32 heavy (non-hydrogen) atoms. The van der Waals surface area contributed by atoms with Crippen LogP contribution in [0.2, 0.25) is 0 Å². The number of hydrogen-bond acceptors (Lipinski definition) is 5. The second kappa shape index (κ2) is 9.06. The first kappa shape index (κ1) is 21.9. The van der Waals surface area contributed by atoms with E-state index in [2.05, 4.69) is 9.98 Å². The van der Waals surface area contributed by atoms with Crippen LogP contribution >= 0.6 is 0 Å². The van der Waals surface area contributed by atoms with Crippen molar-refractivity contribution in [3.63, 3.8) is 0 Å². The van der Waals surface area contributed by atoms with Gasteiger partial charge in [-0.2, -0.15) is 4.99 Å². The van der Waals surface area contributed by atoms with E-state index in [0.29, 0.717) is 11.3 Å². The summed E-state index contributed by atoms with van der Waals surface area (Å²) >= 11 is 0. The molecule has 1 saturated carbocycles. The molecule has 3 aromatic rings. The number of carbonyl (C=O) groups is 2. The van der Waals surface area contributed by atoms with Crippen molar-refractivity contribution in [2.45, 2.75) is 58.9 Å². The van der Waals surface area contributed by atoms with Gasteiger partial charge in [0.25, 0.3) is 11.5 Å². The van der Waals surface area contributed by atoms with Gasteiger partial charge in [-0.1, -0.05) is 25.3 Å². The highest BCUT2D eigenvalue weighted by Crippen LogP contribution is 2.24. The van der Waals surface area contributed by atoms with Gasteiger partial charge in [-0.3, -0.25) is 14.0 Å². The Morgan fingerprint density at radius 1 is 1.22 bits per heavy atom. The quantitative estimate of drug-likeness (QED) is 0.461. The fraction of sp³-hybridized carbons (Fsp3) is 0.458. The van der Waals surface area contributed by atoms with Gasteiger partial charge in [-0.15, -0.1) is 0 Å². The molecule has 1 fully saturated rings. The molecule has 4 rings (SSSR count). The molecule has 3 heterocycles. The number of rotatable bonds is 4. The predicted octanol–water partition coefficient (Wildman–Crippen LogP) is 3.41. The second-order valence-electron chi connectivity index (χ2n) is 8.43. The second-order valence-corrected chi connectivity index (χ2v) is 8.43. The van der Waals surface area contributed by atoms with Crippen LogP contribution in [0.15, 0.2) is 40.2 Å². The molecular formula is C24H28N4O4. The molecule has 0 radical (unpaired) electrons. The number of carbonyl (C=O) groups excluding carboxylic acids is 2. The number of amides is 1. The molecule has 0 atom stereocenters. The summed E-state index contributed by atoms with van der Waals surface area (Å²) in [4.78, 5) is 48.3. The van der Waals surface area contributed by atoms with Gasteiger partial charge in [0.05, 0.1) is 12.0 Å². The van der Waals surface area contributed by atoms with Gasteiger partial charge >= 0.3 is 5.97 Å².